The van der Waals surface area contributed by atoms with Crippen molar-refractivity contribution in [1.29, 1.82) is 5.41 Å². The summed E-state index contributed by atoms with van der Waals surface area (Å²) in [6.07, 6.45) is 2.40. The third kappa shape index (κ3) is 4.79. The van der Waals surface area contributed by atoms with Crippen LogP contribution in [0.15, 0.2) is 24.3 Å². The van der Waals surface area contributed by atoms with Crippen molar-refractivity contribution < 1.29 is 9.84 Å². The molecule has 0 amide bonds. The lowest BCUT2D eigenvalue weighted by Crippen LogP contribution is -2.09. The van der Waals surface area contributed by atoms with Gasteiger partial charge in [0, 0.05) is 6.42 Å². The number of nitrogens with two attached hydrogens (primary N) is 1. The summed E-state index contributed by atoms with van der Waals surface area (Å²) in [6.45, 7) is 0.685. The molecule has 4 nitrogen and oxygen atoms in total. The molecular weight excluding hydrogens is 204 g/mol. The van der Waals surface area contributed by atoms with E-state index in [9.17, 15) is 0 Å². The third-order valence-electron chi connectivity index (χ3n) is 2.22. The maximum Gasteiger partial charge on any atom is 0.119 e. The molecule has 4 heteroatoms. The van der Waals surface area contributed by atoms with Crippen LogP contribution in [0.5, 0.6) is 5.75 Å². The summed E-state index contributed by atoms with van der Waals surface area (Å²) in [5, 5.41) is 15.9. The van der Waals surface area contributed by atoms with Gasteiger partial charge in [0.1, 0.15) is 5.75 Å². The second-order valence-electron chi connectivity index (χ2n) is 3.63. The molecule has 0 atom stereocenters. The average Bonchev–Trinajstić information content (AvgIpc) is 2.29. The summed E-state index contributed by atoms with van der Waals surface area (Å²) in [6, 6.07) is 7.36. The molecule has 4 N–H and O–H groups in total. The van der Waals surface area contributed by atoms with Crippen LogP contribution in [0.25, 0.3) is 0 Å². The van der Waals surface area contributed by atoms with Gasteiger partial charge in [0.25, 0.3) is 0 Å². The highest BCUT2D eigenvalue weighted by atomic mass is 16.5. The predicted molar refractivity (Wildman–Crippen MR) is 63.6 cm³/mol. The Labute approximate surface area is 95.6 Å². The van der Waals surface area contributed by atoms with Crippen LogP contribution in [0.2, 0.25) is 0 Å². The third-order valence-corrected chi connectivity index (χ3v) is 2.22. The summed E-state index contributed by atoms with van der Waals surface area (Å²) in [5.74, 6) is 1.03. The zero-order chi connectivity index (χ0) is 11.8. The molecule has 16 heavy (non-hydrogen) atoms. The van der Waals surface area contributed by atoms with Crippen molar-refractivity contribution in [2.75, 3.05) is 6.61 Å². The number of aliphatic hydroxyl groups is 1. The Morgan fingerprint density at radius 3 is 2.50 bits per heavy atom. The van der Waals surface area contributed by atoms with Gasteiger partial charge >= 0.3 is 0 Å². The average molecular weight is 222 g/mol. The highest BCUT2D eigenvalue weighted by Gasteiger charge is 1.95. The van der Waals surface area contributed by atoms with E-state index < -0.39 is 0 Å². The number of ether oxygens (including phenoxy) is 1. The van der Waals surface area contributed by atoms with Crippen molar-refractivity contribution >= 4 is 5.84 Å². The number of rotatable bonds is 7. The van der Waals surface area contributed by atoms with Crippen molar-refractivity contribution in [2.45, 2.75) is 25.9 Å². The second-order valence-corrected chi connectivity index (χ2v) is 3.63. The highest BCUT2D eigenvalue weighted by molar-refractivity contribution is 5.76. The number of amidine groups is 1. The molecule has 88 valence electrons. The standard InChI is InChI=1S/C12H18N2O2/c13-12(14)3-1-2-8-16-11-6-4-10(9-15)5-7-11/h4-7,15H,1-3,8-9H2,(H3,13,14). The van der Waals surface area contributed by atoms with Crippen molar-refractivity contribution in [3.8, 4) is 5.75 Å². The fourth-order valence-electron chi connectivity index (χ4n) is 1.30. The molecule has 0 fully saturated rings. The van der Waals surface area contributed by atoms with Crippen LogP contribution in [0.1, 0.15) is 24.8 Å². The number of hydrogen-bond acceptors (Lipinski definition) is 3. The highest BCUT2D eigenvalue weighted by Crippen LogP contribution is 2.12. The lowest BCUT2D eigenvalue weighted by Gasteiger charge is -2.06. The molecular formula is C12H18N2O2. The van der Waals surface area contributed by atoms with Gasteiger partial charge < -0.3 is 15.6 Å². The van der Waals surface area contributed by atoms with Crippen molar-refractivity contribution in [1.82, 2.24) is 0 Å². The minimum absolute atomic E-state index is 0.0545. The summed E-state index contributed by atoms with van der Waals surface area (Å²) < 4.78 is 5.49. The Balaban J connectivity index is 2.19. The molecule has 0 saturated carbocycles. The van der Waals surface area contributed by atoms with Crippen LogP contribution >= 0.6 is 0 Å². The van der Waals surface area contributed by atoms with E-state index in [2.05, 4.69) is 0 Å². The van der Waals surface area contributed by atoms with E-state index in [1.54, 1.807) is 0 Å². The molecule has 1 aromatic carbocycles. The molecule has 0 aliphatic rings. The molecule has 0 saturated heterocycles. The molecule has 0 aliphatic heterocycles. The van der Waals surface area contributed by atoms with Crippen molar-refractivity contribution in [3.05, 3.63) is 29.8 Å². The van der Waals surface area contributed by atoms with E-state index in [1.165, 1.54) is 0 Å². The summed E-state index contributed by atoms with van der Waals surface area (Å²) in [5.41, 5.74) is 6.12. The summed E-state index contributed by atoms with van der Waals surface area (Å²) in [4.78, 5) is 0. The molecule has 0 spiro atoms. The van der Waals surface area contributed by atoms with E-state index in [1.807, 2.05) is 24.3 Å². The van der Waals surface area contributed by atoms with Crippen LogP contribution < -0.4 is 10.5 Å². The van der Waals surface area contributed by atoms with Crippen molar-refractivity contribution in [3.63, 3.8) is 0 Å². The smallest absolute Gasteiger partial charge is 0.119 e. The normalized spacial score (nSPS) is 10.1. The molecule has 0 radical (unpaired) electrons. The summed E-state index contributed by atoms with van der Waals surface area (Å²) >= 11 is 0. The Morgan fingerprint density at radius 2 is 1.94 bits per heavy atom. The Morgan fingerprint density at radius 1 is 1.25 bits per heavy atom. The van der Waals surface area contributed by atoms with E-state index in [0.29, 0.717) is 13.0 Å². The number of benzene rings is 1. The first kappa shape index (κ1) is 12.5. The van der Waals surface area contributed by atoms with Gasteiger partial charge in [-0.05, 0) is 30.5 Å². The molecule has 0 heterocycles. The van der Waals surface area contributed by atoms with Gasteiger partial charge in [-0.15, -0.1) is 0 Å². The van der Waals surface area contributed by atoms with E-state index in [4.69, 9.17) is 21.0 Å². The fraction of sp³-hybridized carbons (Fsp3) is 0.417. The van der Waals surface area contributed by atoms with Gasteiger partial charge in [0.2, 0.25) is 0 Å². The quantitative estimate of drug-likeness (QED) is 0.373. The number of unbranched alkanes of at least 4 members (excludes halogenated alkanes) is 1. The molecule has 0 bridgehead atoms. The number of nitrogens with one attached hydrogen (secondary N) is 1. The summed E-state index contributed by atoms with van der Waals surface area (Å²) in [7, 11) is 0. The molecule has 1 rings (SSSR count). The molecule has 0 aliphatic carbocycles. The maximum absolute atomic E-state index is 8.85. The topological polar surface area (TPSA) is 79.3 Å². The number of aliphatic hydroxyl groups excluding tert-OH is 1. The molecule has 0 aromatic heterocycles. The minimum Gasteiger partial charge on any atom is -0.494 e. The van der Waals surface area contributed by atoms with Crippen LogP contribution in [-0.4, -0.2) is 17.5 Å². The lowest BCUT2D eigenvalue weighted by molar-refractivity contribution is 0.281. The predicted octanol–water partition coefficient (Wildman–Crippen LogP) is 1.66. The van der Waals surface area contributed by atoms with Gasteiger partial charge in [0.15, 0.2) is 0 Å². The van der Waals surface area contributed by atoms with Crippen LogP contribution in [0.4, 0.5) is 0 Å². The Kier molecular flexibility index (Phi) is 5.36. The lowest BCUT2D eigenvalue weighted by atomic mass is 10.2. The van der Waals surface area contributed by atoms with E-state index in [0.717, 1.165) is 24.2 Å². The minimum atomic E-state index is 0.0545. The van der Waals surface area contributed by atoms with Gasteiger partial charge in [-0.3, -0.25) is 5.41 Å². The van der Waals surface area contributed by atoms with Crippen LogP contribution in [0.3, 0.4) is 0 Å². The molecule has 1 aromatic rings. The van der Waals surface area contributed by atoms with Crippen molar-refractivity contribution in [2.24, 2.45) is 5.73 Å². The SMILES string of the molecule is N=C(N)CCCCOc1ccc(CO)cc1. The first-order chi connectivity index (χ1) is 7.72. The first-order valence-corrected chi connectivity index (χ1v) is 5.38. The fourth-order valence-corrected chi connectivity index (χ4v) is 1.30. The Hall–Kier alpha value is -1.55. The zero-order valence-electron chi connectivity index (χ0n) is 9.28. The number of hydrogen-bond donors (Lipinski definition) is 3. The second kappa shape index (κ2) is 6.85. The van der Waals surface area contributed by atoms with E-state index in [-0.39, 0.29) is 12.4 Å². The first-order valence-electron chi connectivity index (χ1n) is 5.38. The van der Waals surface area contributed by atoms with Crippen LogP contribution in [0, 0.1) is 5.41 Å². The molecule has 0 unspecified atom stereocenters. The zero-order valence-corrected chi connectivity index (χ0v) is 9.28. The maximum atomic E-state index is 8.85. The Bertz CT molecular complexity index is 322. The monoisotopic (exact) mass is 222 g/mol. The van der Waals surface area contributed by atoms with Gasteiger partial charge in [-0.1, -0.05) is 12.1 Å². The largest absolute Gasteiger partial charge is 0.494 e. The van der Waals surface area contributed by atoms with Gasteiger partial charge in [-0.2, -0.15) is 0 Å². The van der Waals surface area contributed by atoms with Gasteiger partial charge in [-0.25, -0.2) is 0 Å². The van der Waals surface area contributed by atoms with Crippen LogP contribution in [-0.2, 0) is 6.61 Å². The van der Waals surface area contributed by atoms with Gasteiger partial charge in [0.05, 0.1) is 19.0 Å². The van der Waals surface area contributed by atoms with E-state index >= 15 is 0 Å².